The van der Waals surface area contributed by atoms with E-state index in [0.29, 0.717) is 18.1 Å². The Labute approximate surface area is 145 Å². The van der Waals surface area contributed by atoms with E-state index >= 15 is 0 Å². The van der Waals surface area contributed by atoms with Crippen molar-refractivity contribution in [2.24, 2.45) is 0 Å². The summed E-state index contributed by atoms with van der Waals surface area (Å²) in [5.41, 5.74) is 0.347. The number of anilines is 1. The highest BCUT2D eigenvalue weighted by Crippen LogP contribution is 2.27. The second-order valence-electron chi connectivity index (χ2n) is 4.94. The zero-order valence-electron chi connectivity index (χ0n) is 13.9. The van der Waals surface area contributed by atoms with E-state index in [0.717, 1.165) is 0 Å². The van der Waals surface area contributed by atoms with Gasteiger partial charge in [-0.1, -0.05) is 12.1 Å². The fourth-order valence-corrected chi connectivity index (χ4v) is 2.06. The molecule has 0 aliphatic heterocycles. The van der Waals surface area contributed by atoms with Gasteiger partial charge in [0, 0.05) is 0 Å². The third-order valence-electron chi connectivity index (χ3n) is 3.20. The van der Waals surface area contributed by atoms with E-state index in [4.69, 9.17) is 9.47 Å². The normalized spacial score (nSPS) is 10.0. The van der Waals surface area contributed by atoms with Crippen molar-refractivity contribution >= 4 is 17.6 Å². The second kappa shape index (κ2) is 8.58. The zero-order chi connectivity index (χ0) is 18.2. The molecule has 1 amide bonds. The van der Waals surface area contributed by atoms with E-state index in [1.807, 2.05) is 6.92 Å². The van der Waals surface area contributed by atoms with Crippen molar-refractivity contribution < 1.29 is 28.9 Å². The van der Waals surface area contributed by atoms with Gasteiger partial charge in [-0.3, -0.25) is 4.79 Å². The minimum atomic E-state index is -0.580. The lowest BCUT2D eigenvalue weighted by molar-refractivity contribution is -0.118. The summed E-state index contributed by atoms with van der Waals surface area (Å²) in [6, 6.07) is 11.1. The molecular formula is C18H19NO6. The predicted octanol–water partition coefficient (Wildman–Crippen LogP) is 2.60. The summed E-state index contributed by atoms with van der Waals surface area (Å²) in [6.07, 6.45) is 0. The van der Waals surface area contributed by atoms with Crippen LogP contribution in [-0.4, -0.2) is 37.3 Å². The van der Waals surface area contributed by atoms with Crippen LogP contribution >= 0.6 is 0 Å². The molecule has 0 spiro atoms. The average Bonchev–Trinajstić information content (AvgIpc) is 2.62. The van der Waals surface area contributed by atoms with Gasteiger partial charge in [0.25, 0.3) is 5.91 Å². The number of hydrogen-bond acceptors (Lipinski definition) is 6. The van der Waals surface area contributed by atoms with Crippen LogP contribution < -0.4 is 14.8 Å². The van der Waals surface area contributed by atoms with Gasteiger partial charge >= 0.3 is 5.97 Å². The fraction of sp³-hybridized carbons (Fsp3) is 0.222. The molecule has 7 heteroatoms. The first-order valence-electron chi connectivity index (χ1n) is 7.61. The maximum Gasteiger partial charge on any atom is 0.337 e. The van der Waals surface area contributed by atoms with E-state index in [9.17, 15) is 14.7 Å². The molecular weight excluding hydrogens is 326 g/mol. The van der Waals surface area contributed by atoms with E-state index in [1.165, 1.54) is 25.3 Å². The number of phenols is 1. The summed E-state index contributed by atoms with van der Waals surface area (Å²) in [5.74, 6) is -0.296. The number of rotatable bonds is 7. The summed E-state index contributed by atoms with van der Waals surface area (Å²) in [5, 5.41) is 12.4. The Kier molecular flexibility index (Phi) is 6.22. The Hall–Kier alpha value is -3.22. The number of methoxy groups -OCH3 is 1. The molecule has 0 saturated carbocycles. The van der Waals surface area contributed by atoms with Gasteiger partial charge in [-0.25, -0.2) is 4.79 Å². The first-order chi connectivity index (χ1) is 12.0. The predicted molar refractivity (Wildman–Crippen MR) is 91.2 cm³/mol. The van der Waals surface area contributed by atoms with Crippen LogP contribution in [0, 0.1) is 0 Å². The fourth-order valence-electron chi connectivity index (χ4n) is 2.06. The lowest BCUT2D eigenvalue weighted by Gasteiger charge is -2.12. The van der Waals surface area contributed by atoms with Gasteiger partial charge in [0.2, 0.25) is 0 Å². The summed E-state index contributed by atoms with van der Waals surface area (Å²) in [4.78, 5) is 23.4. The summed E-state index contributed by atoms with van der Waals surface area (Å²) in [7, 11) is 1.24. The molecule has 25 heavy (non-hydrogen) atoms. The van der Waals surface area contributed by atoms with E-state index in [2.05, 4.69) is 10.1 Å². The first kappa shape index (κ1) is 18.1. The number of amides is 1. The quantitative estimate of drug-likeness (QED) is 0.592. The highest BCUT2D eigenvalue weighted by Gasteiger charge is 2.12. The van der Waals surface area contributed by atoms with Crippen LogP contribution in [0.15, 0.2) is 42.5 Å². The van der Waals surface area contributed by atoms with Gasteiger partial charge in [0.1, 0.15) is 5.75 Å². The topological polar surface area (TPSA) is 94.1 Å². The van der Waals surface area contributed by atoms with Gasteiger partial charge in [-0.2, -0.15) is 0 Å². The van der Waals surface area contributed by atoms with Crippen LogP contribution in [0.5, 0.6) is 17.2 Å². The molecule has 132 valence electrons. The molecule has 0 fully saturated rings. The largest absolute Gasteiger partial charge is 0.506 e. The first-order valence-corrected chi connectivity index (χ1v) is 7.61. The molecule has 2 aromatic carbocycles. The van der Waals surface area contributed by atoms with Crippen molar-refractivity contribution in [3.8, 4) is 17.2 Å². The number of phenolic OH excluding ortho intramolecular Hbond substituents is 1. The summed E-state index contributed by atoms with van der Waals surface area (Å²) >= 11 is 0. The molecule has 2 aromatic rings. The zero-order valence-corrected chi connectivity index (χ0v) is 13.9. The molecule has 0 saturated heterocycles. The minimum Gasteiger partial charge on any atom is -0.506 e. The third-order valence-corrected chi connectivity index (χ3v) is 3.20. The van der Waals surface area contributed by atoms with Crippen LogP contribution in [0.4, 0.5) is 5.69 Å². The van der Waals surface area contributed by atoms with E-state index in [1.54, 1.807) is 24.3 Å². The molecule has 0 unspecified atom stereocenters. The Morgan fingerprint density at radius 3 is 2.36 bits per heavy atom. The van der Waals surface area contributed by atoms with E-state index in [-0.39, 0.29) is 23.6 Å². The number of carbonyl (C=O) groups excluding carboxylic acids is 2. The van der Waals surface area contributed by atoms with Crippen molar-refractivity contribution in [3.05, 3.63) is 48.0 Å². The Morgan fingerprint density at radius 1 is 1.08 bits per heavy atom. The number of ether oxygens (including phenoxy) is 3. The van der Waals surface area contributed by atoms with Gasteiger partial charge in [0.15, 0.2) is 18.1 Å². The number of para-hydroxylation sites is 2. The van der Waals surface area contributed by atoms with E-state index < -0.39 is 11.9 Å². The number of nitrogens with one attached hydrogen (secondary N) is 1. The maximum absolute atomic E-state index is 12.0. The van der Waals surface area contributed by atoms with Crippen LogP contribution in [0.1, 0.15) is 17.3 Å². The molecule has 7 nitrogen and oxygen atoms in total. The minimum absolute atomic E-state index is 0.166. The number of esters is 1. The number of aromatic hydroxyl groups is 1. The SMILES string of the molecule is CCOc1ccccc1OCC(=O)Nc1ccc(C(=O)OC)cc1O. The summed E-state index contributed by atoms with van der Waals surface area (Å²) < 4.78 is 15.4. The Bertz CT molecular complexity index is 759. The van der Waals surface area contributed by atoms with Crippen molar-refractivity contribution in [2.45, 2.75) is 6.92 Å². The van der Waals surface area contributed by atoms with Crippen LogP contribution in [0.2, 0.25) is 0 Å². The smallest absolute Gasteiger partial charge is 0.337 e. The number of hydrogen-bond donors (Lipinski definition) is 2. The van der Waals surface area contributed by atoms with Gasteiger partial charge < -0.3 is 24.6 Å². The molecule has 0 aliphatic rings. The standard InChI is InChI=1S/C18H19NO6/c1-3-24-15-6-4-5-7-16(15)25-11-17(21)19-13-9-8-12(10-14(13)20)18(22)23-2/h4-10,20H,3,11H2,1-2H3,(H,19,21). The Morgan fingerprint density at radius 2 is 1.76 bits per heavy atom. The van der Waals surface area contributed by atoms with Crippen molar-refractivity contribution in [3.63, 3.8) is 0 Å². The summed E-state index contributed by atoms with van der Waals surface area (Å²) in [6.45, 7) is 2.07. The number of benzene rings is 2. The van der Waals surface area contributed by atoms with Crippen molar-refractivity contribution in [2.75, 3.05) is 25.6 Å². The molecule has 0 heterocycles. The van der Waals surface area contributed by atoms with Crippen molar-refractivity contribution in [1.82, 2.24) is 0 Å². The van der Waals surface area contributed by atoms with Gasteiger partial charge in [-0.15, -0.1) is 0 Å². The van der Waals surface area contributed by atoms with Gasteiger partial charge in [0.05, 0.1) is 25.0 Å². The molecule has 0 atom stereocenters. The number of carbonyl (C=O) groups is 2. The highest BCUT2D eigenvalue weighted by molar-refractivity contribution is 5.95. The molecule has 0 aromatic heterocycles. The monoisotopic (exact) mass is 345 g/mol. The molecule has 0 bridgehead atoms. The maximum atomic E-state index is 12.0. The average molecular weight is 345 g/mol. The molecule has 0 aliphatic carbocycles. The highest BCUT2D eigenvalue weighted by atomic mass is 16.5. The van der Waals surface area contributed by atoms with Crippen LogP contribution in [-0.2, 0) is 9.53 Å². The Balaban J connectivity index is 1.98. The molecule has 2 N–H and O–H groups in total. The lowest BCUT2D eigenvalue weighted by atomic mass is 10.2. The third kappa shape index (κ3) is 4.87. The van der Waals surface area contributed by atoms with Crippen LogP contribution in [0.3, 0.4) is 0 Å². The second-order valence-corrected chi connectivity index (χ2v) is 4.94. The molecule has 2 rings (SSSR count). The van der Waals surface area contributed by atoms with Gasteiger partial charge in [-0.05, 0) is 37.3 Å². The lowest BCUT2D eigenvalue weighted by Crippen LogP contribution is -2.20. The molecule has 0 radical (unpaired) electrons. The van der Waals surface area contributed by atoms with Crippen molar-refractivity contribution in [1.29, 1.82) is 0 Å². The van der Waals surface area contributed by atoms with Crippen LogP contribution in [0.25, 0.3) is 0 Å².